The normalized spacial score (nSPS) is 11.8. The summed E-state index contributed by atoms with van der Waals surface area (Å²) in [6.45, 7) is 3.89. The Labute approximate surface area is 181 Å². The van der Waals surface area contributed by atoms with E-state index in [1.165, 1.54) is 0 Å². The van der Waals surface area contributed by atoms with E-state index in [2.05, 4.69) is 4.98 Å². The van der Waals surface area contributed by atoms with Gasteiger partial charge in [0, 0.05) is 22.2 Å². The van der Waals surface area contributed by atoms with Gasteiger partial charge in [0.05, 0.1) is 11.1 Å². The van der Waals surface area contributed by atoms with Crippen molar-refractivity contribution < 1.29 is 14.3 Å². The molecule has 1 aromatic heterocycles. The molecule has 0 aliphatic rings. The van der Waals surface area contributed by atoms with Gasteiger partial charge in [-0.05, 0) is 25.0 Å². The summed E-state index contributed by atoms with van der Waals surface area (Å²) in [6, 6.07) is 25.5. The van der Waals surface area contributed by atoms with Gasteiger partial charge in [0.15, 0.2) is 6.10 Å². The number of Topliss-reactive ketones (excluding diaryl/α,β-unsaturated/α-hetero) is 1. The number of ether oxygens (including phenoxy) is 1. The Morgan fingerprint density at radius 1 is 0.871 bits per heavy atom. The summed E-state index contributed by atoms with van der Waals surface area (Å²) in [5.41, 5.74) is 3.96. The van der Waals surface area contributed by atoms with Crippen molar-refractivity contribution in [2.75, 3.05) is 0 Å². The topological polar surface area (TPSA) is 56.3 Å². The number of hydrogen-bond donors (Lipinski definition) is 0. The molecule has 0 aliphatic carbocycles. The van der Waals surface area contributed by atoms with E-state index in [0.29, 0.717) is 23.1 Å². The van der Waals surface area contributed by atoms with Gasteiger partial charge in [-0.2, -0.15) is 0 Å². The first-order valence-corrected chi connectivity index (χ1v) is 10.3. The van der Waals surface area contributed by atoms with Gasteiger partial charge in [-0.3, -0.25) is 9.78 Å². The summed E-state index contributed by atoms with van der Waals surface area (Å²) >= 11 is 0. The van der Waals surface area contributed by atoms with E-state index in [1.54, 1.807) is 36.4 Å². The first kappa shape index (κ1) is 20.5. The number of esters is 1. The number of para-hydroxylation sites is 1. The molecule has 3 aromatic carbocycles. The third-order valence-electron chi connectivity index (χ3n) is 5.40. The number of carbonyl (C=O) groups excluding carboxylic acids is 2. The SMILES string of the molecule is CCc1nc2ccccc2c(C(=O)O[C@@H](C(=O)c2ccccc2)c2ccccc2)c1C. The maximum absolute atomic E-state index is 13.5. The fourth-order valence-corrected chi connectivity index (χ4v) is 3.79. The van der Waals surface area contributed by atoms with Crippen molar-refractivity contribution in [3.63, 3.8) is 0 Å². The maximum Gasteiger partial charge on any atom is 0.340 e. The summed E-state index contributed by atoms with van der Waals surface area (Å²) in [5, 5.41) is 0.723. The zero-order valence-corrected chi connectivity index (χ0v) is 17.5. The molecule has 0 radical (unpaired) electrons. The highest BCUT2D eigenvalue weighted by molar-refractivity contribution is 6.07. The third-order valence-corrected chi connectivity index (χ3v) is 5.40. The van der Waals surface area contributed by atoms with Crippen LogP contribution < -0.4 is 0 Å². The van der Waals surface area contributed by atoms with Crippen LogP contribution in [0.5, 0.6) is 0 Å². The number of hydrogen-bond acceptors (Lipinski definition) is 4. The van der Waals surface area contributed by atoms with Crippen LogP contribution in [0.3, 0.4) is 0 Å². The van der Waals surface area contributed by atoms with E-state index in [-0.39, 0.29) is 5.78 Å². The minimum absolute atomic E-state index is 0.258. The number of pyridine rings is 1. The predicted octanol–water partition coefficient (Wildman–Crippen LogP) is 5.89. The van der Waals surface area contributed by atoms with E-state index < -0.39 is 12.1 Å². The molecule has 4 rings (SSSR count). The van der Waals surface area contributed by atoms with Gasteiger partial charge in [0.1, 0.15) is 0 Å². The lowest BCUT2D eigenvalue weighted by Gasteiger charge is -2.19. The lowest BCUT2D eigenvalue weighted by atomic mass is 9.98. The van der Waals surface area contributed by atoms with Crippen LogP contribution in [0.2, 0.25) is 0 Å². The molecule has 1 heterocycles. The van der Waals surface area contributed by atoms with E-state index in [1.807, 2.05) is 62.4 Å². The van der Waals surface area contributed by atoms with Crippen LogP contribution in [0, 0.1) is 6.92 Å². The van der Waals surface area contributed by atoms with Crippen molar-refractivity contribution in [3.8, 4) is 0 Å². The van der Waals surface area contributed by atoms with Crippen molar-refractivity contribution in [2.24, 2.45) is 0 Å². The van der Waals surface area contributed by atoms with E-state index >= 15 is 0 Å². The molecular formula is C27H23NO3. The van der Waals surface area contributed by atoms with Crippen molar-refractivity contribution in [2.45, 2.75) is 26.4 Å². The minimum atomic E-state index is -1.03. The van der Waals surface area contributed by atoms with Crippen molar-refractivity contribution in [3.05, 3.63) is 113 Å². The highest BCUT2D eigenvalue weighted by Gasteiger charge is 2.28. The summed E-state index contributed by atoms with van der Waals surface area (Å²) < 4.78 is 5.91. The Balaban J connectivity index is 1.79. The van der Waals surface area contributed by atoms with Gasteiger partial charge in [0.25, 0.3) is 0 Å². The average Bonchev–Trinajstić information content (AvgIpc) is 2.82. The Morgan fingerprint density at radius 2 is 1.48 bits per heavy atom. The van der Waals surface area contributed by atoms with Crippen molar-refractivity contribution >= 4 is 22.7 Å². The fraction of sp³-hybridized carbons (Fsp3) is 0.148. The number of aromatic nitrogens is 1. The second kappa shape index (κ2) is 8.92. The molecular weight excluding hydrogens is 386 g/mol. The molecule has 4 aromatic rings. The first-order chi connectivity index (χ1) is 15.1. The van der Waals surface area contributed by atoms with E-state index in [0.717, 1.165) is 22.2 Å². The lowest BCUT2D eigenvalue weighted by Crippen LogP contribution is -2.21. The fourth-order valence-electron chi connectivity index (χ4n) is 3.79. The standard InChI is InChI=1S/C27H23NO3/c1-3-22-18(2)24(21-16-10-11-17-23(21)28-22)27(30)31-26(20-14-8-5-9-15-20)25(29)19-12-6-4-7-13-19/h4-17,26H,3H2,1-2H3/t26-/m1/s1. The number of ketones is 1. The maximum atomic E-state index is 13.5. The molecule has 0 saturated carbocycles. The van der Waals surface area contributed by atoms with Gasteiger partial charge >= 0.3 is 5.97 Å². The molecule has 0 bridgehead atoms. The molecule has 0 fully saturated rings. The minimum Gasteiger partial charge on any atom is -0.445 e. The second-order valence-electron chi connectivity index (χ2n) is 7.36. The number of rotatable bonds is 6. The zero-order valence-electron chi connectivity index (χ0n) is 17.5. The average molecular weight is 409 g/mol. The van der Waals surface area contributed by atoms with Crippen LogP contribution in [0.1, 0.15) is 50.6 Å². The lowest BCUT2D eigenvalue weighted by molar-refractivity contribution is 0.0281. The highest BCUT2D eigenvalue weighted by atomic mass is 16.5. The number of fused-ring (bicyclic) bond motifs is 1. The molecule has 0 amide bonds. The van der Waals surface area contributed by atoms with Gasteiger partial charge in [-0.25, -0.2) is 4.79 Å². The molecule has 31 heavy (non-hydrogen) atoms. The van der Waals surface area contributed by atoms with E-state index in [4.69, 9.17) is 4.74 Å². The zero-order chi connectivity index (χ0) is 21.8. The molecule has 0 unspecified atom stereocenters. The first-order valence-electron chi connectivity index (χ1n) is 10.3. The molecule has 0 spiro atoms. The van der Waals surface area contributed by atoms with Gasteiger partial charge in [0.2, 0.25) is 5.78 Å². The number of benzene rings is 3. The summed E-state index contributed by atoms with van der Waals surface area (Å²) in [7, 11) is 0. The molecule has 0 N–H and O–H groups in total. The molecule has 154 valence electrons. The summed E-state index contributed by atoms with van der Waals surface area (Å²) in [6.07, 6.45) is -0.338. The predicted molar refractivity (Wildman–Crippen MR) is 121 cm³/mol. The largest absolute Gasteiger partial charge is 0.445 e. The second-order valence-corrected chi connectivity index (χ2v) is 7.36. The van der Waals surface area contributed by atoms with Crippen LogP contribution in [0.25, 0.3) is 10.9 Å². The number of aryl methyl sites for hydroxylation is 1. The van der Waals surface area contributed by atoms with Crippen LogP contribution in [-0.4, -0.2) is 16.7 Å². The van der Waals surface area contributed by atoms with Gasteiger partial charge in [-0.1, -0.05) is 85.8 Å². The van der Waals surface area contributed by atoms with Crippen LogP contribution in [-0.2, 0) is 11.2 Å². The number of carbonyl (C=O) groups is 2. The quantitative estimate of drug-likeness (QED) is 0.294. The Hall–Kier alpha value is -3.79. The van der Waals surface area contributed by atoms with Gasteiger partial charge in [-0.15, -0.1) is 0 Å². The van der Waals surface area contributed by atoms with E-state index in [9.17, 15) is 9.59 Å². The summed E-state index contributed by atoms with van der Waals surface area (Å²) in [4.78, 5) is 31.4. The van der Waals surface area contributed by atoms with Crippen LogP contribution in [0.15, 0.2) is 84.9 Å². The highest BCUT2D eigenvalue weighted by Crippen LogP contribution is 2.29. The monoisotopic (exact) mass is 409 g/mol. The molecule has 1 atom stereocenters. The smallest absolute Gasteiger partial charge is 0.340 e. The van der Waals surface area contributed by atoms with Gasteiger partial charge < -0.3 is 4.74 Å². The summed E-state index contributed by atoms with van der Waals surface area (Å²) in [5.74, 6) is -0.782. The Bertz CT molecular complexity index is 1230. The van der Waals surface area contributed by atoms with Crippen LogP contribution >= 0.6 is 0 Å². The molecule has 0 saturated heterocycles. The van der Waals surface area contributed by atoms with Crippen molar-refractivity contribution in [1.82, 2.24) is 4.98 Å². The Morgan fingerprint density at radius 3 is 2.16 bits per heavy atom. The van der Waals surface area contributed by atoms with Crippen LogP contribution in [0.4, 0.5) is 0 Å². The van der Waals surface area contributed by atoms with Crippen molar-refractivity contribution in [1.29, 1.82) is 0 Å². The Kier molecular flexibility index (Phi) is 5.89. The molecule has 4 nitrogen and oxygen atoms in total. The molecule has 4 heteroatoms. The molecule has 0 aliphatic heterocycles. The third kappa shape index (κ3) is 4.10. The number of nitrogens with zero attached hydrogens (tertiary/aromatic N) is 1.